The second kappa shape index (κ2) is 23.0. The zero-order valence-electron chi connectivity index (χ0n) is 27.0. The number of nitrogens with zero attached hydrogens (tertiary/aromatic N) is 1. The molecule has 43 heavy (non-hydrogen) atoms. The third-order valence-corrected chi connectivity index (χ3v) is 7.96. The number of unbranched alkanes of at least 4 members (excludes halogenated alkanes) is 15. The normalized spacial score (nSPS) is 11.4. The summed E-state index contributed by atoms with van der Waals surface area (Å²) in [5, 5.41) is 2.95. The number of benzene rings is 2. The first-order valence-corrected chi connectivity index (χ1v) is 16.5. The Hall–Kier alpha value is -2.50. The molecule has 0 atom stereocenters. The van der Waals surface area contributed by atoms with Crippen molar-refractivity contribution in [2.75, 3.05) is 32.5 Å². The Bertz CT molecular complexity index is 1070. The SMILES string of the molecule is CCCCCCCCCCCCCCCCCC[N+](C)(C)CC(=O)Nc1ccc(C(=O)/C=C/c2ccccc2F)cc1.[Cl-]. The lowest BCUT2D eigenvalue weighted by atomic mass is 10.0. The minimum Gasteiger partial charge on any atom is -1.00 e. The summed E-state index contributed by atoms with van der Waals surface area (Å²) in [5.41, 5.74) is 1.52. The van der Waals surface area contributed by atoms with Crippen LogP contribution in [-0.4, -0.2) is 43.4 Å². The maximum Gasteiger partial charge on any atom is 0.279 e. The van der Waals surface area contributed by atoms with Crippen molar-refractivity contribution in [1.82, 2.24) is 0 Å². The summed E-state index contributed by atoms with van der Waals surface area (Å²) in [6, 6.07) is 13.2. The van der Waals surface area contributed by atoms with Crippen LogP contribution in [0.4, 0.5) is 10.1 Å². The predicted octanol–water partition coefficient (Wildman–Crippen LogP) is 7.00. The molecule has 0 aromatic heterocycles. The lowest BCUT2D eigenvalue weighted by molar-refractivity contribution is -0.882. The fourth-order valence-electron chi connectivity index (χ4n) is 5.35. The van der Waals surface area contributed by atoms with Crippen molar-refractivity contribution in [3.05, 3.63) is 71.6 Å². The van der Waals surface area contributed by atoms with Gasteiger partial charge in [-0.05, 0) is 55.3 Å². The van der Waals surface area contributed by atoms with Gasteiger partial charge in [-0.15, -0.1) is 0 Å². The summed E-state index contributed by atoms with van der Waals surface area (Å²) >= 11 is 0. The number of likely N-dealkylation sites (N-methyl/N-ethyl adjacent to an activating group) is 1. The largest absolute Gasteiger partial charge is 1.00 e. The van der Waals surface area contributed by atoms with E-state index >= 15 is 0 Å². The molecule has 0 aliphatic heterocycles. The van der Waals surface area contributed by atoms with Crippen molar-refractivity contribution >= 4 is 23.5 Å². The van der Waals surface area contributed by atoms with Gasteiger partial charge < -0.3 is 22.2 Å². The van der Waals surface area contributed by atoms with Crippen molar-refractivity contribution in [2.45, 2.75) is 110 Å². The first-order valence-electron chi connectivity index (χ1n) is 16.5. The monoisotopic (exact) mass is 614 g/mol. The average Bonchev–Trinajstić information content (AvgIpc) is 2.96. The van der Waals surface area contributed by atoms with Crippen LogP contribution in [0.25, 0.3) is 6.08 Å². The van der Waals surface area contributed by atoms with E-state index in [0.717, 1.165) is 13.0 Å². The Balaban J connectivity index is 0.00000924. The molecule has 0 saturated heterocycles. The zero-order chi connectivity index (χ0) is 30.5. The highest BCUT2D eigenvalue weighted by atomic mass is 35.5. The molecule has 240 valence electrons. The van der Waals surface area contributed by atoms with E-state index in [2.05, 4.69) is 26.3 Å². The lowest BCUT2D eigenvalue weighted by Gasteiger charge is -2.29. The molecule has 4 nitrogen and oxygen atoms in total. The molecule has 1 amide bonds. The maximum absolute atomic E-state index is 13.8. The second-order valence-electron chi connectivity index (χ2n) is 12.5. The van der Waals surface area contributed by atoms with Gasteiger partial charge in [-0.1, -0.05) is 115 Å². The van der Waals surface area contributed by atoms with Crippen molar-refractivity contribution in [2.24, 2.45) is 0 Å². The molecule has 0 bridgehead atoms. The fourth-order valence-corrected chi connectivity index (χ4v) is 5.35. The van der Waals surface area contributed by atoms with Gasteiger partial charge in [0.1, 0.15) is 5.82 Å². The summed E-state index contributed by atoms with van der Waals surface area (Å²) in [7, 11) is 4.21. The van der Waals surface area contributed by atoms with Crippen molar-refractivity contribution in [3.63, 3.8) is 0 Å². The van der Waals surface area contributed by atoms with E-state index in [4.69, 9.17) is 0 Å². The minimum absolute atomic E-state index is 0. The van der Waals surface area contributed by atoms with Gasteiger partial charge in [-0.2, -0.15) is 0 Å². The van der Waals surface area contributed by atoms with Gasteiger partial charge in [0, 0.05) is 16.8 Å². The molecule has 2 aromatic rings. The number of nitrogens with one attached hydrogen (secondary N) is 1. The Kier molecular flexibility index (Phi) is 20.6. The van der Waals surface area contributed by atoms with Gasteiger partial charge in [-0.25, -0.2) is 4.39 Å². The molecule has 1 N–H and O–H groups in total. The molecule has 0 spiro atoms. The summed E-state index contributed by atoms with van der Waals surface area (Å²) in [6.45, 7) is 3.66. The lowest BCUT2D eigenvalue weighted by Crippen LogP contribution is -3.00. The van der Waals surface area contributed by atoms with E-state index in [1.165, 1.54) is 115 Å². The van der Waals surface area contributed by atoms with Crippen LogP contribution < -0.4 is 17.7 Å². The van der Waals surface area contributed by atoms with Crippen molar-refractivity contribution < 1.29 is 30.9 Å². The Morgan fingerprint density at radius 1 is 0.721 bits per heavy atom. The van der Waals surface area contributed by atoms with Crippen LogP contribution in [0.1, 0.15) is 126 Å². The molecule has 0 heterocycles. The molecular weight excluding hydrogens is 559 g/mol. The molecule has 0 aliphatic carbocycles. The van der Waals surface area contributed by atoms with E-state index in [0.29, 0.717) is 27.8 Å². The second-order valence-corrected chi connectivity index (χ2v) is 12.5. The number of anilines is 1. The number of carbonyl (C=O) groups is 2. The first-order chi connectivity index (χ1) is 20.3. The fraction of sp³-hybridized carbons (Fsp3) is 0.568. The average molecular weight is 615 g/mol. The number of quaternary nitrogens is 1. The number of rotatable bonds is 23. The van der Waals surface area contributed by atoms with E-state index in [1.54, 1.807) is 42.5 Å². The molecule has 0 fully saturated rings. The third-order valence-electron chi connectivity index (χ3n) is 7.96. The van der Waals surface area contributed by atoms with Crippen LogP contribution in [-0.2, 0) is 4.79 Å². The molecular formula is C37H56ClFN2O2. The van der Waals surface area contributed by atoms with Gasteiger partial charge in [-0.3, -0.25) is 9.59 Å². The van der Waals surface area contributed by atoms with E-state index in [1.807, 2.05) is 0 Å². The molecule has 0 saturated carbocycles. The summed E-state index contributed by atoms with van der Waals surface area (Å²) in [6.07, 6.45) is 24.6. The minimum atomic E-state index is -0.365. The number of hydrogen-bond acceptors (Lipinski definition) is 2. The standard InChI is InChI=1S/C37H55FN2O2.ClH/c1-4-5-6-7-8-9-10-11-12-13-14-15-16-17-18-21-30-40(2,3)31-37(42)39-34-27-24-33(25-28-34)36(41)29-26-32-22-19-20-23-35(32)38;/h19-20,22-29H,4-18,21,30-31H2,1-3H3;1H/b29-26+;. The van der Waals surface area contributed by atoms with Gasteiger partial charge >= 0.3 is 0 Å². The summed E-state index contributed by atoms with van der Waals surface area (Å²) in [4.78, 5) is 25.1. The first kappa shape index (κ1) is 38.5. The van der Waals surface area contributed by atoms with Crippen molar-refractivity contribution in [1.29, 1.82) is 0 Å². The van der Waals surface area contributed by atoms with Crippen molar-refractivity contribution in [3.8, 4) is 0 Å². The van der Waals surface area contributed by atoms with Crippen LogP contribution in [0.15, 0.2) is 54.6 Å². The number of ketones is 1. The molecule has 2 aromatic carbocycles. The van der Waals surface area contributed by atoms with Gasteiger partial charge in [0.15, 0.2) is 12.3 Å². The smallest absolute Gasteiger partial charge is 0.279 e. The summed E-state index contributed by atoms with van der Waals surface area (Å²) < 4.78 is 14.4. The third kappa shape index (κ3) is 18.0. The number of carbonyl (C=O) groups excluding carboxylic acids is 2. The highest BCUT2D eigenvalue weighted by molar-refractivity contribution is 6.07. The van der Waals surface area contributed by atoms with Crippen LogP contribution >= 0.6 is 0 Å². The molecule has 2 rings (SSSR count). The van der Waals surface area contributed by atoms with Crippen LogP contribution in [0.5, 0.6) is 0 Å². The van der Waals surface area contributed by atoms with E-state index in [9.17, 15) is 14.0 Å². The Morgan fingerprint density at radius 2 is 1.21 bits per heavy atom. The molecule has 6 heteroatoms. The predicted molar refractivity (Wildman–Crippen MR) is 176 cm³/mol. The number of allylic oxidation sites excluding steroid dienone is 1. The quantitative estimate of drug-likeness (QED) is 0.0634. The number of hydrogen-bond donors (Lipinski definition) is 1. The van der Waals surface area contributed by atoms with E-state index < -0.39 is 0 Å². The van der Waals surface area contributed by atoms with Crippen LogP contribution in [0.3, 0.4) is 0 Å². The van der Waals surface area contributed by atoms with Gasteiger partial charge in [0.05, 0.1) is 20.6 Å². The molecule has 0 unspecified atom stereocenters. The highest BCUT2D eigenvalue weighted by Crippen LogP contribution is 2.16. The number of halogens is 2. The molecule has 0 radical (unpaired) electrons. The topological polar surface area (TPSA) is 46.2 Å². The van der Waals surface area contributed by atoms with E-state index in [-0.39, 0.29) is 29.9 Å². The zero-order valence-corrected chi connectivity index (χ0v) is 27.8. The van der Waals surface area contributed by atoms with Crippen LogP contribution in [0.2, 0.25) is 0 Å². The Labute approximate surface area is 267 Å². The Morgan fingerprint density at radius 3 is 1.72 bits per heavy atom. The summed E-state index contributed by atoms with van der Waals surface area (Å²) in [5.74, 6) is -0.613. The molecule has 0 aliphatic rings. The maximum atomic E-state index is 13.8. The van der Waals surface area contributed by atoms with Crippen LogP contribution in [0, 0.1) is 5.82 Å². The number of amides is 1. The van der Waals surface area contributed by atoms with Gasteiger partial charge in [0.25, 0.3) is 5.91 Å². The highest BCUT2D eigenvalue weighted by Gasteiger charge is 2.19. The van der Waals surface area contributed by atoms with Gasteiger partial charge in [0.2, 0.25) is 0 Å².